The normalized spacial score (nSPS) is 10.9. The first-order valence-electron chi connectivity index (χ1n) is 11.5. The number of benzene rings is 2. The SMILES string of the molecule is CCOc1cccc2sc(N(CCn3nc(C)cc3C)C(=O)c3cc(OC)c(OC)c(OC)c3)nc12. The Balaban J connectivity index is 1.78. The van der Waals surface area contributed by atoms with Crippen molar-refractivity contribution in [2.24, 2.45) is 0 Å². The Kier molecular flexibility index (Phi) is 7.64. The van der Waals surface area contributed by atoms with E-state index < -0.39 is 0 Å². The maximum Gasteiger partial charge on any atom is 0.260 e. The van der Waals surface area contributed by atoms with Gasteiger partial charge in [-0.3, -0.25) is 14.4 Å². The topological polar surface area (TPSA) is 87.9 Å². The number of ether oxygens (including phenoxy) is 4. The summed E-state index contributed by atoms with van der Waals surface area (Å²) in [6.45, 7) is 7.27. The van der Waals surface area contributed by atoms with E-state index in [1.165, 1.54) is 32.7 Å². The molecule has 0 radical (unpaired) electrons. The maximum atomic E-state index is 14.0. The lowest BCUT2D eigenvalue weighted by Crippen LogP contribution is -2.34. The van der Waals surface area contributed by atoms with E-state index in [2.05, 4.69) is 5.10 Å². The molecule has 9 nitrogen and oxygen atoms in total. The molecule has 36 heavy (non-hydrogen) atoms. The molecule has 1 amide bonds. The minimum atomic E-state index is -0.243. The van der Waals surface area contributed by atoms with Gasteiger partial charge >= 0.3 is 0 Å². The molecule has 0 N–H and O–H groups in total. The van der Waals surface area contributed by atoms with Crippen LogP contribution in [0.15, 0.2) is 36.4 Å². The zero-order valence-electron chi connectivity index (χ0n) is 21.3. The van der Waals surface area contributed by atoms with Gasteiger partial charge in [0.1, 0.15) is 11.3 Å². The van der Waals surface area contributed by atoms with Crippen LogP contribution in [0.3, 0.4) is 0 Å². The zero-order chi connectivity index (χ0) is 25.8. The van der Waals surface area contributed by atoms with Crippen LogP contribution >= 0.6 is 11.3 Å². The summed E-state index contributed by atoms with van der Waals surface area (Å²) >= 11 is 1.44. The molecular formula is C26H30N4O5S. The smallest absolute Gasteiger partial charge is 0.260 e. The van der Waals surface area contributed by atoms with Gasteiger partial charge in [-0.1, -0.05) is 17.4 Å². The molecule has 0 saturated carbocycles. The van der Waals surface area contributed by atoms with Crippen molar-refractivity contribution in [3.05, 3.63) is 53.3 Å². The molecule has 2 aromatic heterocycles. The molecule has 0 aliphatic rings. The van der Waals surface area contributed by atoms with E-state index >= 15 is 0 Å². The molecule has 190 valence electrons. The summed E-state index contributed by atoms with van der Waals surface area (Å²) in [6.07, 6.45) is 0. The predicted octanol–water partition coefficient (Wildman–Crippen LogP) is 4.88. The van der Waals surface area contributed by atoms with Crippen LogP contribution in [0.25, 0.3) is 10.2 Å². The molecule has 0 aliphatic carbocycles. The molecule has 0 aliphatic heterocycles. The fourth-order valence-electron chi connectivity index (χ4n) is 4.04. The van der Waals surface area contributed by atoms with Crippen molar-refractivity contribution in [3.8, 4) is 23.0 Å². The van der Waals surface area contributed by atoms with Gasteiger partial charge in [0.25, 0.3) is 5.91 Å². The van der Waals surface area contributed by atoms with Crippen LogP contribution < -0.4 is 23.8 Å². The molecule has 2 heterocycles. The predicted molar refractivity (Wildman–Crippen MR) is 140 cm³/mol. The van der Waals surface area contributed by atoms with Gasteiger partial charge in [-0.25, -0.2) is 4.98 Å². The third-order valence-electron chi connectivity index (χ3n) is 5.70. The van der Waals surface area contributed by atoms with Crippen LogP contribution in [0.2, 0.25) is 0 Å². The van der Waals surface area contributed by atoms with E-state index in [0.29, 0.717) is 53.4 Å². The largest absolute Gasteiger partial charge is 0.493 e. The number of hydrogen-bond donors (Lipinski definition) is 0. The molecule has 0 spiro atoms. The molecule has 4 rings (SSSR count). The fraction of sp³-hybridized carbons (Fsp3) is 0.346. The lowest BCUT2D eigenvalue weighted by Gasteiger charge is -2.21. The van der Waals surface area contributed by atoms with Crippen LogP contribution in [-0.2, 0) is 6.54 Å². The summed E-state index contributed by atoms with van der Waals surface area (Å²) in [5, 5.41) is 5.12. The van der Waals surface area contributed by atoms with Crippen LogP contribution in [0, 0.1) is 13.8 Å². The number of aryl methyl sites for hydroxylation is 2. The molecule has 0 fully saturated rings. The van der Waals surface area contributed by atoms with Crippen molar-refractivity contribution in [2.45, 2.75) is 27.3 Å². The Labute approximate surface area is 214 Å². The summed E-state index contributed by atoms with van der Waals surface area (Å²) in [5.41, 5.74) is 3.07. The first-order valence-corrected chi connectivity index (χ1v) is 12.4. The fourth-order valence-corrected chi connectivity index (χ4v) is 5.05. The van der Waals surface area contributed by atoms with E-state index in [1.807, 2.05) is 49.7 Å². The van der Waals surface area contributed by atoms with Gasteiger partial charge in [-0.2, -0.15) is 5.10 Å². The van der Waals surface area contributed by atoms with Crippen molar-refractivity contribution in [1.29, 1.82) is 0 Å². The summed E-state index contributed by atoms with van der Waals surface area (Å²) in [7, 11) is 4.57. The maximum absolute atomic E-state index is 14.0. The van der Waals surface area contributed by atoms with Crippen molar-refractivity contribution in [1.82, 2.24) is 14.8 Å². The number of carbonyl (C=O) groups is 1. The summed E-state index contributed by atoms with van der Waals surface area (Å²) < 4.78 is 25.0. The first-order chi connectivity index (χ1) is 17.4. The monoisotopic (exact) mass is 510 g/mol. The average Bonchev–Trinajstić information content (AvgIpc) is 3.45. The van der Waals surface area contributed by atoms with Crippen LogP contribution in [0.5, 0.6) is 23.0 Å². The van der Waals surface area contributed by atoms with E-state index in [-0.39, 0.29) is 5.91 Å². The Bertz CT molecular complexity index is 1360. The highest BCUT2D eigenvalue weighted by Gasteiger charge is 2.25. The van der Waals surface area contributed by atoms with Gasteiger partial charge in [0.15, 0.2) is 16.6 Å². The summed E-state index contributed by atoms with van der Waals surface area (Å²) in [5.74, 6) is 1.68. The molecule has 0 unspecified atom stereocenters. The molecule has 4 aromatic rings. The molecular weight excluding hydrogens is 480 g/mol. The number of carbonyl (C=O) groups excluding carboxylic acids is 1. The number of rotatable bonds is 10. The van der Waals surface area contributed by atoms with Gasteiger partial charge in [0.2, 0.25) is 5.75 Å². The van der Waals surface area contributed by atoms with Gasteiger partial charge in [0, 0.05) is 17.8 Å². The van der Waals surface area contributed by atoms with Gasteiger partial charge in [0.05, 0.1) is 44.9 Å². The van der Waals surface area contributed by atoms with Gasteiger partial charge in [-0.15, -0.1) is 0 Å². The molecule has 0 atom stereocenters. The number of para-hydroxylation sites is 1. The highest BCUT2D eigenvalue weighted by molar-refractivity contribution is 7.22. The van der Waals surface area contributed by atoms with E-state index in [1.54, 1.807) is 17.0 Å². The Morgan fingerprint density at radius 2 is 1.75 bits per heavy atom. The number of methoxy groups -OCH3 is 3. The second-order valence-electron chi connectivity index (χ2n) is 8.05. The molecule has 2 aromatic carbocycles. The van der Waals surface area contributed by atoms with E-state index in [4.69, 9.17) is 23.9 Å². The Morgan fingerprint density at radius 3 is 2.33 bits per heavy atom. The summed E-state index contributed by atoms with van der Waals surface area (Å²) in [6, 6.07) is 11.1. The van der Waals surface area contributed by atoms with Gasteiger partial charge in [-0.05, 0) is 51.1 Å². The quantitative estimate of drug-likeness (QED) is 0.300. The van der Waals surface area contributed by atoms with E-state index in [0.717, 1.165) is 21.6 Å². The van der Waals surface area contributed by atoms with Gasteiger partial charge < -0.3 is 18.9 Å². The van der Waals surface area contributed by atoms with Crippen LogP contribution in [-0.4, -0.2) is 55.2 Å². The Hall–Kier alpha value is -3.79. The van der Waals surface area contributed by atoms with Crippen LogP contribution in [0.4, 0.5) is 5.13 Å². The highest BCUT2D eigenvalue weighted by Crippen LogP contribution is 2.40. The number of hydrogen-bond acceptors (Lipinski definition) is 8. The number of nitrogens with zero attached hydrogens (tertiary/aromatic N) is 4. The van der Waals surface area contributed by atoms with Crippen molar-refractivity contribution < 1.29 is 23.7 Å². The second kappa shape index (κ2) is 10.9. The lowest BCUT2D eigenvalue weighted by molar-refractivity contribution is 0.0985. The minimum Gasteiger partial charge on any atom is -0.493 e. The number of aromatic nitrogens is 3. The third kappa shape index (κ3) is 4.94. The first kappa shape index (κ1) is 25.3. The molecule has 0 saturated heterocycles. The zero-order valence-corrected chi connectivity index (χ0v) is 22.1. The molecule has 10 heteroatoms. The number of anilines is 1. The summed E-state index contributed by atoms with van der Waals surface area (Å²) in [4.78, 5) is 20.4. The van der Waals surface area contributed by atoms with E-state index in [9.17, 15) is 4.79 Å². The highest BCUT2D eigenvalue weighted by atomic mass is 32.1. The van der Waals surface area contributed by atoms with Crippen molar-refractivity contribution in [2.75, 3.05) is 39.4 Å². The third-order valence-corrected chi connectivity index (χ3v) is 6.74. The van der Waals surface area contributed by atoms with Crippen molar-refractivity contribution in [3.63, 3.8) is 0 Å². The van der Waals surface area contributed by atoms with Crippen molar-refractivity contribution >= 4 is 32.6 Å². The standard InChI is InChI=1S/C26H30N4O5S/c1-7-35-19-9-8-10-22-23(19)27-26(36-22)29(11-12-30-17(3)13-16(2)28-30)25(31)18-14-20(32-4)24(34-6)21(15-18)33-5/h8-10,13-15H,7,11-12H2,1-6H3. The Morgan fingerprint density at radius 1 is 1.03 bits per heavy atom. The molecule has 0 bridgehead atoms. The number of amides is 1. The minimum absolute atomic E-state index is 0.243. The lowest BCUT2D eigenvalue weighted by atomic mass is 10.1. The number of fused-ring (bicyclic) bond motifs is 1. The second-order valence-corrected chi connectivity index (χ2v) is 9.06. The number of thiazole rings is 1. The average molecular weight is 511 g/mol. The van der Waals surface area contributed by atoms with Crippen LogP contribution in [0.1, 0.15) is 28.7 Å².